The minimum Gasteiger partial charge on any atom is -0.491 e. The average molecular weight is 485 g/mol. The molecule has 11 nitrogen and oxygen atoms in total. The van der Waals surface area contributed by atoms with Crippen molar-refractivity contribution in [3.8, 4) is 11.6 Å². The molecule has 0 radical (unpaired) electrons. The molecule has 0 saturated heterocycles. The van der Waals surface area contributed by atoms with Crippen molar-refractivity contribution < 1.29 is 24.2 Å². The van der Waals surface area contributed by atoms with Crippen LogP contribution in [0.1, 0.15) is 54.7 Å². The van der Waals surface area contributed by atoms with Crippen LogP contribution in [0.5, 0.6) is 11.6 Å². The Kier molecular flexibility index (Phi) is 7.59. The van der Waals surface area contributed by atoms with Gasteiger partial charge in [-0.1, -0.05) is 20.8 Å². The quantitative estimate of drug-likeness (QED) is 0.416. The lowest BCUT2D eigenvalue weighted by Gasteiger charge is -2.21. The molecule has 0 aliphatic carbocycles. The number of fused-ring (bicyclic) bond motifs is 1. The maximum Gasteiger partial charge on any atom is 0.413 e. The van der Waals surface area contributed by atoms with Crippen molar-refractivity contribution in [2.75, 3.05) is 19.8 Å². The van der Waals surface area contributed by atoms with Crippen molar-refractivity contribution in [3.05, 3.63) is 46.1 Å². The number of amides is 1. The summed E-state index contributed by atoms with van der Waals surface area (Å²) in [5.74, 6) is 0.287. The smallest absolute Gasteiger partial charge is 0.413 e. The van der Waals surface area contributed by atoms with Crippen LogP contribution in [-0.2, 0) is 12.0 Å². The van der Waals surface area contributed by atoms with E-state index in [0.717, 1.165) is 5.56 Å². The van der Waals surface area contributed by atoms with Gasteiger partial charge in [-0.05, 0) is 49.9 Å². The zero-order valence-electron chi connectivity index (χ0n) is 20.9. The Labute approximate surface area is 203 Å². The Balaban J connectivity index is 1.98. The third-order valence-corrected chi connectivity index (χ3v) is 5.53. The van der Waals surface area contributed by atoms with E-state index < -0.39 is 6.09 Å². The van der Waals surface area contributed by atoms with Crippen molar-refractivity contribution in [3.63, 3.8) is 0 Å². The molecule has 1 amide bonds. The highest BCUT2D eigenvalue weighted by Gasteiger charge is 2.21. The molecule has 3 N–H and O–H groups in total. The van der Waals surface area contributed by atoms with Crippen LogP contribution in [0.4, 0.5) is 4.79 Å². The van der Waals surface area contributed by atoms with Crippen molar-refractivity contribution in [1.82, 2.24) is 24.7 Å². The molecule has 11 heteroatoms. The number of aryl methyl sites for hydroxylation is 1. The van der Waals surface area contributed by atoms with E-state index in [2.05, 4.69) is 15.5 Å². The molecule has 188 valence electrons. The summed E-state index contributed by atoms with van der Waals surface area (Å²) in [4.78, 5) is 25.1. The monoisotopic (exact) mass is 484 g/mol. The number of aliphatic hydroxyl groups is 1. The van der Waals surface area contributed by atoms with Gasteiger partial charge in [-0.3, -0.25) is 10.2 Å². The normalized spacial score (nSPS) is 11.5. The highest BCUT2D eigenvalue weighted by atomic mass is 16.6. The van der Waals surface area contributed by atoms with E-state index >= 15 is 0 Å². The molecular weight excluding hydrogens is 452 g/mol. The molecule has 2 heterocycles. The second kappa shape index (κ2) is 10.3. The first-order valence-corrected chi connectivity index (χ1v) is 11.4. The van der Waals surface area contributed by atoms with Crippen LogP contribution in [0.2, 0.25) is 0 Å². The van der Waals surface area contributed by atoms with Crippen LogP contribution in [0.3, 0.4) is 0 Å². The number of carbonyl (C=O) groups excluding carboxylic acids is 2. The molecule has 2 aromatic heterocycles. The Morgan fingerprint density at radius 2 is 1.86 bits per heavy atom. The van der Waals surface area contributed by atoms with Crippen LogP contribution in [0.15, 0.2) is 18.2 Å². The van der Waals surface area contributed by atoms with Crippen molar-refractivity contribution in [2.24, 2.45) is 0 Å². The number of carbonyl (C=O) groups is 2. The zero-order chi connectivity index (χ0) is 25.9. The Hall–Kier alpha value is -3.73. The minimum atomic E-state index is -0.644. The third-order valence-electron chi connectivity index (χ3n) is 5.53. The maximum atomic E-state index is 13.2. The van der Waals surface area contributed by atoms with Crippen molar-refractivity contribution in [2.45, 2.75) is 53.5 Å². The Morgan fingerprint density at radius 1 is 1.14 bits per heavy atom. The minimum absolute atomic E-state index is 0.0638. The SMILES string of the molecule is CCNC(=O)Oc1nn2c(=N)n(CC(=O)c3cc(OCCO)cc(C(C)(C)C)c3)nc2c(C)c1C. The summed E-state index contributed by atoms with van der Waals surface area (Å²) in [6.07, 6.45) is -0.644. The topological polar surface area (TPSA) is 144 Å². The van der Waals surface area contributed by atoms with E-state index in [1.54, 1.807) is 32.9 Å². The molecule has 3 rings (SSSR count). The summed E-state index contributed by atoms with van der Waals surface area (Å²) in [6, 6.07) is 5.28. The first-order valence-electron chi connectivity index (χ1n) is 11.4. The molecule has 0 spiro atoms. The average Bonchev–Trinajstić information content (AvgIpc) is 3.10. The molecule has 0 bridgehead atoms. The fraction of sp³-hybridized carbons (Fsp3) is 0.458. The highest BCUT2D eigenvalue weighted by molar-refractivity contribution is 5.96. The lowest BCUT2D eigenvalue weighted by Crippen LogP contribution is -2.29. The van der Waals surface area contributed by atoms with Crippen molar-refractivity contribution >= 4 is 17.5 Å². The predicted molar refractivity (Wildman–Crippen MR) is 128 cm³/mol. The van der Waals surface area contributed by atoms with Crippen LogP contribution in [0.25, 0.3) is 5.65 Å². The lowest BCUT2D eigenvalue weighted by atomic mass is 9.85. The maximum absolute atomic E-state index is 13.2. The van der Waals surface area contributed by atoms with E-state index in [9.17, 15) is 9.59 Å². The number of aromatic nitrogens is 4. The summed E-state index contributed by atoms with van der Waals surface area (Å²) < 4.78 is 13.3. The van der Waals surface area contributed by atoms with E-state index in [1.807, 2.05) is 26.8 Å². The van der Waals surface area contributed by atoms with E-state index in [4.69, 9.17) is 20.0 Å². The molecule has 0 aliphatic rings. The number of ether oxygens (including phenoxy) is 2. The highest BCUT2D eigenvalue weighted by Crippen LogP contribution is 2.28. The first-order chi connectivity index (χ1) is 16.5. The molecule has 3 aromatic rings. The van der Waals surface area contributed by atoms with Gasteiger partial charge in [0.1, 0.15) is 18.9 Å². The summed E-state index contributed by atoms with van der Waals surface area (Å²) in [7, 11) is 0. The molecule has 35 heavy (non-hydrogen) atoms. The van der Waals surface area contributed by atoms with Gasteiger partial charge in [-0.15, -0.1) is 10.2 Å². The van der Waals surface area contributed by atoms with Crippen LogP contribution >= 0.6 is 0 Å². The Bertz CT molecular complexity index is 1320. The Morgan fingerprint density at radius 3 is 2.49 bits per heavy atom. The fourth-order valence-corrected chi connectivity index (χ4v) is 3.38. The van der Waals surface area contributed by atoms with Gasteiger partial charge in [0.15, 0.2) is 11.4 Å². The molecule has 1 aromatic carbocycles. The molecule has 0 atom stereocenters. The van der Waals surface area contributed by atoms with Gasteiger partial charge in [0, 0.05) is 23.2 Å². The molecule has 0 fully saturated rings. The summed E-state index contributed by atoms with van der Waals surface area (Å²) in [6.45, 7) is 11.6. The number of ketones is 1. The summed E-state index contributed by atoms with van der Waals surface area (Å²) in [5.41, 5.74) is 2.62. The number of nitrogens with zero attached hydrogens (tertiary/aromatic N) is 4. The van der Waals surface area contributed by atoms with Crippen LogP contribution in [-0.4, -0.2) is 56.1 Å². The van der Waals surface area contributed by atoms with Gasteiger partial charge in [-0.25, -0.2) is 9.48 Å². The van der Waals surface area contributed by atoms with Gasteiger partial charge < -0.3 is 19.9 Å². The number of benzene rings is 1. The van der Waals surface area contributed by atoms with Gasteiger partial charge in [0.25, 0.3) is 0 Å². The standard InChI is InChI=1S/C24H32N6O5/c1-7-26-23(33)35-21-15(3)14(2)20-27-29(22(25)30(20)28-21)13-19(32)16-10-17(24(4,5)6)12-18(11-16)34-9-8-31/h10-12,25,31H,7-9,13H2,1-6H3,(H,26,33). The van der Waals surface area contributed by atoms with E-state index in [1.165, 1.54) is 9.20 Å². The lowest BCUT2D eigenvalue weighted by molar-refractivity contribution is 0.0965. The zero-order valence-corrected chi connectivity index (χ0v) is 20.9. The van der Waals surface area contributed by atoms with Gasteiger partial charge in [0.2, 0.25) is 11.5 Å². The first kappa shape index (κ1) is 25.9. The van der Waals surface area contributed by atoms with Gasteiger partial charge in [0.05, 0.1) is 6.61 Å². The number of nitrogens with one attached hydrogen (secondary N) is 2. The predicted octanol–water partition coefficient (Wildman–Crippen LogP) is 2.29. The third kappa shape index (κ3) is 5.68. The number of aliphatic hydroxyl groups excluding tert-OH is 1. The number of hydrogen-bond donors (Lipinski definition) is 3. The molecular formula is C24H32N6O5. The van der Waals surface area contributed by atoms with Crippen molar-refractivity contribution in [1.29, 1.82) is 5.41 Å². The van der Waals surface area contributed by atoms with E-state index in [-0.39, 0.29) is 42.5 Å². The van der Waals surface area contributed by atoms with Gasteiger partial charge >= 0.3 is 6.09 Å². The largest absolute Gasteiger partial charge is 0.491 e. The second-order valence-electron chi connectivity index (χ2n) is 9.18. The van der Waals surface area contributed by atoms with Gasteiger partial charge in [-0.2, -0.15) is 4.52 Å². The summed E-state index contributed by atoms with van der Waals surface area (Å²) >= 11 is 0. The second-order valence-corrected chi connectivity index (χ2v) is 9.18. The fourth-order valence-electron chi connectivity index (χ4n) is 3.38. The van der Waals surface area contributed by atoms with Crippen LogP contribution < -0.4 is 20.4 Å². The number of hydrogen-bond acceptors (Lipinski definition) is 8. The van der Waals surface area contributed by atoms with Crippen LogP contribution in [0, 0.1) is 19.3 Å². The molecule has 0 unspecified atom stereocenters. The molecule has 0 saturated carbocycles. The molecule has 0 aliphatic heterocycles. The number of Topliss-reactive ketones (excluding diaryl/α,β-unsaturated/α-hetero) is 1. The summed E-state index contributed by atoms with van der Waals surface area (Å²) in [5, 5.41) is 28.8. The van der Waals surface area contributed by atoms with E-state index in [0.29, 0.717) is 34.6 Å². The number of rotatable bonds is 8.